The maximum atomic E-state index is 13.9. The minimum absolute atomic E-state index is 0.0499. The second-order valence-electron chi connectivity index (χ2n) is 4.08. The van der Waals surface area contributed by atoms with Crippen LogP contribution in [0.2, 0.25) is 0 Å². The molecule has 0 atom stereocenters. The van der Waals surface area contributed by atoms with Crippen molar-refractivity contribution in [2.45, 2.75) is 0 Å². The van der Waals surface area contributed by atoms with E-state index < -0.39 is 29.0 Å². The predicted octanol–water partition coefficient (Wildman–Crippen LogP) is 3.57. The van der Waals surface area contributed by atoms with Gasteiger partial charge in [0, 0.05) is 7.05 Å². The molecule has 0 aliphatic rings. The van der Waals surface area contributed by atoms with Crippen LogP contribution in [0.15, 0.2) is 36.4 Å². The van der Waals surface area contributed by atoms with Crippen molar-refractivity contribution in [1.82, 2.24) is 0 Å². The first-order valence-electron chi connectivity index (χ1n) is 5.63. The van der Waals surface area contributed by atoms with Gasteiger partial charge in [-0.25, -0.2) is 18.0 Å². The van der Waals surface area contributed by atoms with Crippen molar-refractivity contribution in [3.63, 3.8) is 0 Å². The molecule has 0 aliphatic carbocycles. The van der Waals surface area contributed by atoms with Crippen molar-refractivity contribution >= 4 is 17.3 Å². The molecule has 0 unspecified atom stereocenters. The summed E-state index contributed by atoms with van der Waals surface area (Å²) in [5.74, 6) is -4.98. The van der Waals surface area contributed by atoms with E-state index in [2.05, 4.69) is 0 Å². The molecule has 6 heteroatoms. The molecule has 2 aromatic rings. The predicted molar refractivity (Wildman–Crippen MR) is 67.8 cm³/mol. The van der Waals surface area contributed by atoms with Gasteiger partial charge in [-0.3, -0.25) is 0 Å². The van der Waals surface area contributed by atoms with E-state index in [1.54, 1.807) is 6.07 Å². The molecule has 0 amide bonds. The van der Waals surface area contributed by atoms with Crippen LogP contribution in [0, 0.1) is 17.5 Å². The number of anilines is 2. The molecular weight excluding hydrogens is 271 g/mol. The van der Waals surface area contributed by atoms with E-state index in [-0.39, 0.29) is 11.4 Å². The number of carboxylic acid groups (broad SMARTS) is 1. The second-order valence-corrected chi connectivity index (χ2v) is 4.08. The normalized spacial score (nSPS) is 10.4. The number of hydrogen-bond acceptors (Lipinski definition) is 2. The summed E-state index contributed by atoms with van der Waals surface area (Å²) in [5, 5.41) is 8.70. The zero-order valence-corrected chi connectivity index (χ0v) is 10.4. The Morgan fingerprint density at radius 3 is 2.25 bits per heavy atom. The third kappa shape index (κ3) is 2.32. The highest BCUT2D eigenvalue weighted by Gasteiger charge is 2.21. The summed E-state index contributed by atoms with van der Waals surface area (Å²) in [7, 11) is 1.36. The molecule has 3 nitrogen and oxygen atoms in total. The van der Waals surface area contributed by atoms with Crippen LogP contribution < -0.4 is 4.90 Å². The van der Waals surface area contributed by atoms with Gasteiger partial charge in [-0.05, 0) is 24.3 Å². The first-order valence-corrected chi connectivity index (χ1v) is 5.63. The van der Waals surface area contributed by atoms with Crippen molar-refractivity contribution in [3.05, 3.63) is 59.4 Å². The van der Waals surface area contributed by atoms with E-state index in [1.807, 2.05) is 0 Å². The summed E-state index contributed by atoms with van der Waals surface area (Å²) in [5.41, 5.74) is -0.973. The van der Waals surface area contributed by atoms with Crippen LogP contribution in [0.5, 0.6) is 0 Å². The topological polar surface area (TPSA) is 40.5 Å². The van der Waals surface area contributed by atoms with Crippen LogP contribution in [-0.4, -0.2) is 18.1 Å². The van der Waals surface area contributed by atoms with Crippen molar-refractivity contribution in [2.24, 2.45) is 0 Å². The Morgan fingerprint density at radius 1 is 1.00 bits per heavy atom. The zero-order chi connectivity index (χ0) is 14.9. The molecule has 0 spiro atoms. The molecule has 1 N–H and O–H groups in total. The molecule has 0 heterocycles. The van der Waals surface area contributed by atoms with Crippen molar-refractivity contribution in [1.29, 1.82) is 0 Å². The summed E-state index contributed by atoms with van der Waals surface area (Å²) in [6.07, 6.45) is 0. The zero-order valence-electron chi connectivity index (χ0n) is 10.4. The first-order chi connectivity index (χ1) is 9.43. The molecule has 20 heavy (non-hydrogen) atoms. The Balaban J connectivity index is 2.52. The average Bonchev–Trinajstić information content (AvgIpc) is 2.41. The largest absolute Gasteiger partial charge is 0.478 e. The van der Waals surface area contributed by atoms with Crippen molar-refractivity contribution in [2.75, 3.05) is 11.9 Å². The van der Waals surface area contributed by atoms with Gasteiger partial charge in [-0.15, -0.1) is 0 Å². The number of para-hydroxylation sites is 1. The summed E-state index contributed by atoms with van der Waals surface area (Å²) in [6, 6.07) is 7.64. The van der Waals surface area contributed by atoms with Crippen LogP contribution in [0.1, 0.15) is 10.4 Å². The fourth-order valence-corrected chi connectivity index (χ4v) is 1.82. The molecule has 0 fully saturated rings. The number of halogens is 3. The van der Waals surface area contributed by atoms with E-state index in [0.29, 0.717) is 0 Å². The smallest absolute Gasteiger partial charge is 0.338 e. The molecule has 104 valence electrons. The maximum absolute atomic E-state index is 13.9. The van der Waals surface area contributed by atoms with Crippen molar-refractivity contribution < 1.29 is 23.1 Å². The fourth-order valence-electron chi connectivity index (χ4n) is 1.82. The van der Waals surface area contributed by atoms with E-state index in [9.17, 15) is 18.0 Å². The van der Waals surface area contributed by atoms with Crippen LogP contribution in [-0.2, 0) is 0 Å². The Bertz CT molecular complexity index is 673. The summed E-state index contributed by atoms with van der Waals surface area (Å²) in [6.45, 7) is 0. The van der Waals surface area contributed by atoms with E-state index in [1.165, 1.54) is 25.2 Å². The average molecular weight is 281 g/mol. The van der Waals surface area contributed by atoms with E-state index in [0.717, 1.165) is 17.0 Å². The molecular formula is C14H10F3NO2. The van der Waals surface area contributed by atoms with E-state index >= 15 is 0 Å². The molecule has 2 aromatic carbocycles. The number of benzene rings is 2. The maximum Gasteiger partial charge on any atom is 0.338 e. The van der Waals surface area contributed by atoms with Gasteiger partial charge in [0.15, 0.2) is 11.6 Å². The number of hydrogen-bond donors (Lipinski definition) is 1. The molecule has 2 rings (SSSR count). The highest BCUT2D eigenvalue weighted by Crippen LogP contribution is 2.30. The SMILES string of the molecule is CN(c1ccccc1F)c1ccc(C(=O)O)c(F)c1F. The van der Waals surface area contributed by atoms with Crippen LogP contribution in [0.4, 0.5) is 24.5 Å². The number of aromatic carboxylic acids is 1. The van der Waals surface area contributed by atoms with Gasteiger partial charge in [-0.2, -0.15) is 0 Å². The number of carboxylic acids is 1. The standard InChI is InChI=1S/C14H10F3NO2/c1-18(10-5-3-2-4-9(10)15)11-7-6-8(14(19)20)12(16)13(11)17/h2-7H,1H3,(H,19,20). The minimum atomic E-state index is -1.57. The lowest BCUT2D eigenvalue weighted by Crippen LogP contribution is -2.15. The van der Waals surface area contributed by atoms with Gasteiger partial charge in [0.25, 0.3) is 0 Å². The molecule has 0 bridgehead atoms. The van der Waals surface area contributed by atoms with Crippen LogP contribution >= 0.6 is 0 Å². The Hall–Kier alpha value is -2.50. The number of carbonyl (C=O) groups is 1. The molecule has 0 saturated heterocycles. The fraction of sp³-hybridized carbons (Fsp3) is 0.0714. The highest BCUT2D eigenvalue weighted by atomic mass is 19.2. The van der Waals surface area contributed by atoms with Gasteiger partial charge < -0.3 is 10.0 Å². The lowest BCUT2D eigenvalue weighted by molar-refractivity contribution is 0.0690. The van der Waals surface area contributed by atoms with E-state index in [4.69, 9.17) is 5.11 Å². The van der Waals surface area contributed by atoms with Crippen LogP contribution in [0.25, 0.3) is 0 Å². The number of nitrogens with zero attached hydrogens (tertiary/aromatic N) is 1. The summed E-state index contributed by atoms with van der Waals surface area (Å²) in [4.78, 5) is 11.8. The molecule has 0 radical (unpaired) electrons. The molecule has 0 aliphatic heterocycles. The quantitative estimate of drug-likeness (QED) is 0.935. The third-order valence-corrected chi connectivity index (χ3v) is 2.87. The lowest BCUT2D eigenvalue weighted by Gasteiger charge is -2.21. The lowest BCUT2D eigenvalue weighted by atomic mass is 10.1. The highest BCUT2D eigenvalue weighted by molar-refractivity contribution is 5.88. The Kier molecular flexibility index (Phi) is 3.65. The van der Waals surface area contributed by atoms with Gasteiger partial charge >= 0.3 is 5.97 Å². The Morgan fingerprint density at radius 2 is 1.65 bits per heavy atom. The monoisotopic (exact) mass is 281 g/mol. The van der Waals surface area contributed by atoms with Crippen LogP contribution in [0.3, 0.4) is 0 Å². The Labute approximate surface area is 112 Å². The molecule has 0 aromatic heterocycles. The first kappa shape index (κ1) is 13.9. The summed E-state index contributed by atoms with van der Waals surface area (Å²) >= 11 is 0. The minimum Gasteiger partial charge on any atom is -0.478 e. The molecule has 0 saturated carbocycles. The third-order valence-electron chi connectivity index (χ3n) is 2.87. The van der Waals surface area contributed by atoms with Gasteiger partial charge in [0.2, 0.25) is 0 Å². The number of rotatable bonds is 3. The van der Waals surface area contributed by atoms with Crippen molar-refractivity contribution in [3.8, 4) is 0 Å². The van der Waals surface area contributed by atoms with Gasteiger partial charge in [0.1, 0.15) is 5.82 Å². The summed E-state index contributed by atoms with van der Waals surface area (Å²) < 4.78 is 41.1. The van der Waals surface area contributed by atoms with Gasteiger partial charge in [-0.1, -0.05) is 12.1 Å². The van der Waals surface area contributed by atoms with Gasteiger partial charge in [0.05, 0.1) is 16.9 Å². The second kappa shape index (κ2) is 5.24.